The lowest BCUT2D eigenvalue weighted by molar-refractivity contribution is -0.143. The minimum atomic E-state index is -0.682. The van der Waals surface area contributed by atoms with Gasteiger partial charge in [0.2, 0.25) is 5.91 Å². The van der Waals surface area contributed by atoms with Gasteiger partial charge in [0.1, 0.15) is 11.8 Å². The van der Waals surface area contributed by atoms with Crippen LogP contribution in [0.4, 0.5) is 0 Å². The SMILES string of the molecule is CCc1ccc(OCC(=O)N(Cc2c(Cl)cccc2Cl)C(CC)C(=O)NCC(C)C)c(Br)c1. The van der Waals surface area contributed by atoms with E-state index in [2.05, 4.69) is 28.2 Å². The fourth-order valence-electron chi connectivity index (χ4n) is 3.30. The van der Waals surface area contributed by atoms with Gasteiger partial charge in [-0.1, -0.05) is 63.0 Å². The van der Waals surface area contributed by atoms with E-state index in [4.69, 9.17) is 27.9 Å². The molecule has 5 nitrogen and oxygen atoms in total. The van der Waals surface area contributed by atoms with Gasteiger partial charge in [-0.25, -0.2) is 0 Å². The van der Waals surface area contributed by atoms with Gasteiger partial charge in [0.15, 0.2) is 6.61 Å². The first-order valence-electron chi connectivity index (χ1n) is 11.1. The van der Waals surface area contributed by atoms with E-state index >= 15 is 0 Å². The van der Waals surface area contributed by atoms with Crippen LogP contribution in [0.1, 0.15) is 45.2 Å². The summed E-state index contributed by atoms with van der Waals surface area (Å²) < 4.78 is 6.59. The van der Waals surface area contributed by atoms with E-state index in [1.807, 2.05) is 39.0 Å². The Morgan fingerprint density at radius 1 is 1.12 bits per heavy atom. The van der Waals surface area contributed by atoms with Crippen molar-refractivity contribution in [3.8, 4) is 5.75 Å². The number of halogens is 3. The molecular weight excluding hydrogens is 527 g/mol. The summed E-state index contributed by atoms with van der Waals surface area (Å²) in [6.45, 7) is 8.38. The molecule has 0 aliphatic carbocycles. The molecule has 0 aliphatic rings. The van der Waals surface area contributed by atoms with Crippen molar-refractivity contribution in [1.29, 1.82) is 0 Å². The molecule has 0 saturated carbocycles. The Morgan fingerprint density at radius 3 is 2.33 bits per heavy atom. The second kappa shape index (κ2) is 13.2. The van der Waals surface area contributed by atoms with Gasteiger partial charge in [-0.05, 0) is 64.5 Å². The van der Waals surface area contributed by atoms with Crippen molar-refractivity contribution >= 4 is 50.9 Å². The molecule has 8 heteroatoms. The van der Waals surface area contributed by atoms with Gasteiger partial charge in [-0.15, -0.1) is 0 Å². The molecule has 1 atom stereocenters. The third kappa shape index (κ3) is 7.90. The summed E-state index contributed by atoms with van der Waals surface area (Å²) in [4.78, 5) is 27.8. The van der Waals surface area contributed by atoms with Crippen LogP contribution in [0.5, 0.6) is 5.75 Å². The predicted octanol–water partition coefficient (Wildman–Crippen LogP) is 6.28. The standard InChI is InChI=1S/C25H31BrCl2N2O3/c1-5-17-10-11-23(19(26)12-17)33-15-24(31)30(14-18-20(27)8-7-9-21(18)28)22(6-2)25(32)29-13-16(3)4/h7-12,16,22H,5-6,13-15H2,1-4H3,(H,29,32). The first-order valence-corrected chi connectivity index (χ1v) is 12.6. The Kier molecular flexibility index (Phi) is 11.0. The van der Waals surface area contributed by atoms with Crippen LogP contribution in [0, 0.1) is 5.92 Å². The first kappa shape index (κ1) is 27.5. The molecule has 1 N–H and O–H groups in total. The second-order valence-corrected chi connectivity index (χ2v) is 9.86. The van der Waals surface area contributed by atoms with Gasteiger partial charge >= 0.3 is 0 Å². The molecule has 0 heterocycles. The summed E-state index contributed by atoms with van der Waals surface area (Å²) in [6, 6.07) is 10.3. The number of nitrogens with one attached hydrogen (secondary N) is 1. The molecule has 1 unspecified atom stereocenters. The quantitative estimate of drug-likeness (QED) is 0.354. The number of hydrogen-bond acceptors (Lipinski definition) is 3. The summed E-state index contributed by atoms with van der Waals surface area (Å²) in [7, 11) is 0. The number of rotatable bonds is 11. The summed E-state index contributed by atoms with van der Waals surface area (Å²) in [5.74, 6) is 0.314. The summed E-state index contributed by atoms with van der Waals surface area (Å²) in [5.41, 5.74) is 1.75. The number of ether oxygens (including phenoxy) is 1. The zero-order chi connectivity index (χ0) is 24.5. The minimum absolute atomic E-state index is 0.101. The van der Waals surface area contributed by atoms with E-state index in [-0.39, 0.29) is 25.0 Å². The fraction of sp³-hybridized carbons (Fsp3) is 0.440. The van der Waals surface area contributed by atoms with Crippen LogP contribution < -0.4 is 10.1 Å². The van der Waals surface area contributed by atoms with Gasteiger partial charge in [-0.3, -0.25) is 9.59 Å². The number of amides is 2. The van der Waals surface area contributed by atoms with E-state index in [1.54, 1.807) is 18.2 Å². The third-order valence-electron chi connectivity index (χ3n) is 5.22. The molecule has 0 aliphatic heterocycles. The number of nitrogens with zero attached hydrogens (tertiary/aromatic N) is 1. The van der Waals surface area contributed by atoms with E-state index in [0.717, 1.165) is 16.5 Å². The summed E-state index contributed by atoms with van der Waals surface area (Å²) in [6.07, 6.45) is 1.33. The molecule has 180 valence electrons. The maximum absolute atomic E-state index is 13.3. The van der Waals surface area contributed by atoms with E-state index in [9.17, 15) is 9.59 Å². The van der Waals surface area contributed by atoms with Gasteiger partial charge < -0.3 is 15.0 Å². The minimum Gasteiger partial charge on any atom is -0.483 e. The molecule has 2 aromatic rings. The first-order chi connectivity index (χ1) is 15.7. The largest absolute Gasteiger partial charge is 0.483 e. The highest BCUT2D eigenvalue weighted by atomic mass is 79.9. The van der Waals surface area contributed by atoms with Gasteiger partial charge in [0.25, 0.3) is 5.91 Å². The van der Waals surface area contributed by atoms with Gasteiger partial charge in [-0.2, -0.15) is 0 Å². The smallest absolute Gasteiger partial charge is 0.261 e. The van der Waals surface area contributed by atoms with E-state index < -0.39 is 6.04 Å². The Bertz CT molecular complexity index is 948. The third-order valence-corrected chi connectivity index (χ3v) is 6.54. The molecule has 2 aromatic carbocycles. The summed E-state index contributed by atoms with van der Waals surface area (Å²) in [5, 5.41) is 3.81. The monoisotopic (exact) mass is 556 g/mol. The highest BCUT2D eigenvalue weighted by molar-refractivity contribution is 9.10. The van der Waals surface area contributed by atoms with Crippen molar-refractivity contribution in [1.82, 2.24) is 10.2 Å². The molecule has 0 aromatic heterocycles. The van der Waals surface area contributed by atoms with Crippen LogP contribution in [0.3, 0.4) is 0 Å². The average molecular weight is 558 g/mol. The molecule has 0 fully saturated rings. The summed E-state index contributed by atoms with van der Waals surface area (Å²) >= 11 is 16.2. The number of hydrogen-bond donors (Lipinski definition) is 1. The van der Waals surface area contributed by atoms with Crippen LogP contribution in [0.25, 0.3) is 0 Å². The lowest BCUT2D eigenvalue weighted by atomic mass is 10.1. The topological polar surface area (TPSA) is 58.6 Å². The van der Waals surface area contributed by atoms with Crippen LogP contribution in [0.15, 0.2) is 40.9 Å². The zero-order valence-electron chi connectivity index (χ0n) is 19.5. The maximum Gasteiger partial charge on any atom is 0.261 e. The van der Waals surface area contributed by atoms with Crippen molar-refractivity contribution in [2.24, 2.45) is 5.92 Å². The van der Waals surface area contributed by atoms with E-state index in [1.165, 1.54) is 4.90 Å². The Morgan fingerprint density at radius 2 is 1.79 bits per heavy atom. The number of carbonyl (C=O) groups excluding carboxylic acids is 2. The normalized spacial score (nSPS) is 11.9. The van der Waals surface area contributed by atoms with Crippen LogP contribution >= 0.6 is 39.1 Å². The molecule has 0 saturated heterocycles. The second-order valence-electron chi connectivity index (χ2n) is 8.19. The lowest BCUT2D eigenvalue weighted by Crippen LogP contribution is -2.50. The fourth-order valence-corrected chi connectivity index (χ4v) is 4.36. The van der Waals surface area contributed by atoms with Crippen LogP contribution in [0.2, 0.25) is 10.0 Å². The Labute approximate surface area is 214 Å². The molecule has 2 rings (SSSR count). The zero-order valence-corrected chi connectivity index (χ0v) is 22.6. The van der Waals surface area contributed by atoms with Gasteiger partial charge in [0.05, 0.1) is 4.47 Å². The number of benzene rings is 2. The Balaban J connectivity index is 2.28. The van der Waals surface area contributed by atoms with E-state index in [0.29, 0.717) is 40.2 Å². The molecule has 2 amide bonds. The van der Waals surface area contributed by atoms with Crippen LogP contribution in [-0.4, -0.2) is 35.9 Å². The van der Waals surface area contributed by atoms with Crippen molar-refractivity contribution in [3.63, 3.8) is 0 Å². The maximum atomic E-state index is 13.3. The van der Waals surface area contributed by atoms with Crippen molar-refractivity contribution in [2.45, 2.75) is 53.1 Å². The van der Waals surface area contributed by atoms with Crippen molar-refractivity contribution < 1.29 is 14.3 Å². The molecule has 33 heavy (non-hydrogen) atoms. The highest BCUT2D eigenvalue weighted by Crippen LogP contribution is 2.28. The average Bonchev–Trinajstić information content (AvgIpc) is 2.78. The highest BCUT2D eigenvalue weighted by Gasteiger charge is 2.30. The Hall–Kier alpha value is -1.76. The predicted molar refractivity (Wildman–Crippen MR) is 138 cm³/mol. The van der Waals surface area contributed by atoms with Crippen LogP contribution in [-0.2, 0) is 22.6 Å². The molecular formula is C25H31BrCl2N2O3. The lowest BCUT2D eigenvalue weighted by Gasteiger charge is -2.31. The molecule has 0 radical (unpaired) electrons. The van der Waals surface area contributed by atoms with Crippen molar-refractivity contribution in [3.05, 3.63) is 62.0 Å². The number of carbonyl (C=O) groups is 2. The number of aryl methyl sites for hydroxylation is 1. The van der Waals surface area contributed by atoms with Gasteiger partial charge in [0, 0.05) is 28.7 Å². The molecule has 0 bridgehead atoms. The molecule has 0 spiro atoms. The van der Waals surface area contributed by atoms with Crippen molar-refractivity contribution in [2.75, 3.05) is 13.2 Å².